The van der Waals surface area contributed by atoms with Crippen LogP contribution in [-0.4, -0.2) is 23.5 Å². The maximum absolute atomic E-state index is 12.7. The van der Waals surface area contributed by atoms with E-state index in [1.165, 1.54) is 11.1 Å². The molecule has 31 heavy (non-hydrogen) atoms. The molecule has 0 spiro atoms. The number of benzene rings is 3. The lowest BCUT2D eigenvalue weighted by molar-refractivity contribution is -0.131. The molecule has 0 fully saturated rings. The van der Waals surface area contributed by atoms with Crippen LogP contribution in [0.4, 0.5) is 0 Å². The maximum Gasteiger partial charge on any atom is 0.222 e. The van der Waals surface area contributed by atoms with E-state index in [1.807, 2.05) is 62.1 Å². The predicted molar refractivity (Wildman–Crippen MR) is 127 cm³/mol. The van der Waals surface area contributed by atoms with E-state index in [-0.39, 0.29) is 17.9 Å². The van der Waals surface area contributed by atoms with Crippen molar-refractivity contribution >= 4 is 5.91 Å². The second kappa shape index (κ2) is 11.4. The van der Waals surface area contributed by atoms with Crippen LogP contribution in [0.5, 0.6) is 5.75 Å². The van der Waals surface area contributed by atoms with Gasteiger partial charge in [-0.15, -0.1) is 0 Å². The second-order valence-electron chi connectivity index (χ2n) is 8.14. The van der Waals surface area contributed by atoms with Gasteiger partial charge in [-0.3, -0.25) is 4.79 Å². The van der Waals surface area contributed by atoms with Crippen LogP contribution in [0.25, 0.3) is 0 Å². The molecule has 3 heteroatoms. The van der Waals surface area contributed by atoms with Crippen molar-refractivity contribution in [3.63, 3.8) is 0 Å². The van der Waals surface area contributed by atoms with Gasteiger partial charge in [0.05, 0.1) is 6.10 Å². The van der Waals surface area contributed by atoms with Gasteiger partial charge in [-0.1, -0.05) is 79.7 Å². The Morgan fingerprint density at radius 2 is 1.42 bits per heavy atom. The first kappa shape index (κ1) is 22.6. The Morgan fingerprint density at radius 1 is 0.839 bits per heavy atom. The lowest BCUT2D eigenvalue weighted by Crippen LogP contribution is -2.31. The molecular formula is C28H33NO2. The van der Waals surface area contributed by atoms with Crippen molar-refractivity contribution in [2.75, 3.05) is 6.54 Å². The third kappa shape index (κ3) is 6.71. The molecular weight excluding hydrogens is 382 g/mol. The van der Waals surface area contributed by atoms with Crippen LogP contribution >= 0.6 is 0 Å². The topological polar surface area (TPSA) is 29.5 Å². The molecule has 0 aliphatic rings. The van der Waals surface area contributed by atoms with E-state index < -0.39 is 0 Å². The van der Waals surface area contributed by atoms with Crippen molar-refractivity contribution < 1.29 is 9.53 Å². The van der Waals surface area contributed by atoms with Gasteiger partial charge in [-0.05, 0) is 49.1 Å². The van der Waals surface area contributed by atoms with Crippen LogP contribution in [0, 0.1) is 0 Å². The first-order valence-corrected chi connectivity index (χ1v) is 11.2. The average Bonchev–Trinajstić information content (AvgIpc) is 2.80. The molecule has 3 aromatic rings. The molecule has 0 aliphatic carbocycles. The fourth-order valence-electron chi connectivity index (χ4n) is 3.87. The predicted octanol–water partition coefficient (Wildman–Crippen LogP) is 6.43. The third-order valence-corrected chi connectivity index (χ3v) is 5.42. The Labute approximate surface area is 186 Å². The molecule has 0 saturated heterocycles. The first-order valence-electron chi connectivity index (χ1n) is 11.2. The molecule has 0 saturated carbocycles. The number of hydrogen-bond donors (Lipinski definition) is 0. The summed E-state index contributed by atoms with van der Waals surface area (Å²) in [6.07, 6.45) is 1.54. The van der Waals surface area contributed by atoms with Crippen LogP contribution in [-0.2, 0) is 11.3 Å². The molecule has 1 unspecified atom stereocenters. The van der Waals surface area contributed by atoms with Crippen LogP contribution in [0.2, 0.25) is 0 Å². The van der Waals surface area contributed by atoms with Crippen molar-refractivity contribution in [2.45, 2.75) is 52.2 Å². The SMILES string of the molecule is CCC(=O)N(CCC(c1ccccc1)c1ccc(OC(C)C)cc1)Cc1ccccc1. The normalized spacial score (nSPS) is 11.9. The summed E-state index contributed by atoms with van der Waals surface area (Å²) in [7, 11) is 0. The summed E-state index contributed by atoms with van der Waals surface area (Å²) < 4.78 is 5.81. The highest BCUT2D eigenvalue weighted by molar-refractivity contribution is 5.75. The molecule has 162 valence electrons. The maximum atomic E-state index is 12.7. The molecule has 0 aromatic heterocycles. The largest absolute Gasteiger partial charge is 0.491 e. The number of carbonyl (C=O) groups is 1. The number of rotatable bonds is 10. The zero-order chi connectivity index (χ0) is 22.1. The van der Waals surface area contributed by atoms with E-state index in [0.29, 0.717) is 19.5 Å². The molecule has 3 nitrogen and oxygen atoms in total. The van der Waals surface area contributed by atoms with Crippen molar-refractivity contribution in [3.8, 4) is 5.75 Å². The second-order valence-corrected chi connectivity index (χ2v) is 8.14. The molecule has 0 bridgehead atoms. The van der Waals surface area contributed by atoms with Gasteiger partial charge in [0.25, 0.3) is 0 Å². The van der Waals surface area contributed by atoms with Crippen molar-refractivity contribution in [3.05, 3.63) is 102 Å². The molecule has 0 aliphatic heterocycles. The number of hydrogen-bond acceptors (Lipinski definition) is 2. The molecule has 3 rings (SSSR count). The first-order chi connectivity index (χ1) is 15.1. The number of amides is 1. The van der Waals surface area contributed by atoms with Gasteiger partial charge >= 0.3 is 0 Å². The van der Waals surface area contributed by atoms with Gasteiger partial charge in [0.2, 0.25) is 5.91 Å². The van der Waals surface area contributed by atoms with E-state index in [1.54, 1.807) is 0 Å². The Bertz CT molecular complexity index is 920. The highest BCUT2D eigenvalue weighted by Crippen LogP contribution is 2.30. The molecule has 0 N–H and O–H groups in total. The van der Waals surface area contributed by atoms with Crippen LogP contribution in [0.1, 0.15) is 56.2 Å². The van der Waals surface area contributed by atoms with Gasteiger partial charge in [-0.25, -0.2) is 0 Å². The van der Waals surface area contributed by atoms with Crippen molar-refractivity contribution in [1.29, 1.82) is 0 Å². The smallest absolute Gasteiger partial charge is 0.222 e. The van der Waals surface area contributed by atoms with Gasteiger partial charge in [-0.2, -0.15) is 0 Å². The fourth-order valence-corrected chi connectivity index (χ4v) is 3.87. The molecule has 0 heterocycles. The van der Waals surface area contributed by atoms with E-state index in [9.17, 15) is 4.79 Å². The molecule has 0 radical (unpaired) electrons. The summed E-state index contributed by atoms with van der Waals surface area (Å²) in [6.45, 7) is 7.36. The monoisotopic (exact) mass is 415 g/mol. The van der Waals surface area contributed by atoms with E-state index >= 15 is 0 Å². The number of carbonyl (C=O) groups excluding carboxylic acids is 1. The lowest BCUT2D eigenvalue weighted by atomic mass is 9.88. The van der Waals surface area contributed by atoms with E-state index in [2.05, 4.69) is 48.5 Å². The molecule has 3 aromatic carbocycles. The number of ether oxygens (including phenoxy) is 1. The minimum atomic E-state index is 0.155. The Morgan fingerprint density at radius 3 is 2.00 bits per heavy atom. The summed E-state index contributed by atoms with van der Waals surface area (Å²) >= 11 is 0. The van der Waals surface area contributed by atoms with E-state index in [4.69, 9.17) is 4.74 Å². The highest BCUT2D eigenvalue weighted by Gasteiger charge is 2.19. The Balaban J connectivity index is 1.80. The Hall–Kier alpha value is -3.07. The number of nitrogens with zero attached hydrogens (tertiary/aromatic N) is 1. The van der Waals surface area contributed by atoms with Gasteiger partial charge in [0.1, 0.15) is 5.75 Å². The Kier molecular flexibility index (Phi) is 8.28. The summed E-state index contributed by atoms with van der Waals surface area (Å²) in [5.41, 5.74) is 3.67. The fraction of sp³-hybridized carbons (Fsp3) is 0.321. The summed E-state index contributed by atoms with van der Waals surface area (Å²) in [5.74, 6) is 1.30. The van der Waals surface area contributed by atoms with Crippen molar-refractivity contribution in [1.82, 2.24) is 4.90 Å². The molecule has 1 amide bonds. The van der Waals surface area contributed by atoms with Gasteiger partial charge < -0.3 is 9.64 Å². The zero-order valence-electron chi connectivity index (χ0n) is 18.8. The lowest BCUT2D eigenvalue weighted by Gasteiger charge is -2.26. The quantitative estimate of drug-likeness (QED) is 0.382. The zero-order valence-corrected chi connectivity index (χ0v) is 18.8. The summed E-state index contributed by atoms with van der Waals surface area (Å²) in [4.78, 5) is 14.6. The summed E-state index contributed by atoms with van der Waals surface area (Å²) in [6, 6.07) is 29.2. The van der Waals surface area contributed by atoms with Gasteiger partial charge in [0, 0.05) is 25.4 Å². The standard InChI is InChI=1S/C28H33NO2/c1-4-28(30)29(21-23-11-7-5-8-12-23)20-19-27(24-13-9-6-10-14-24)25-15-17-26(18-16-25)31-22(2)3/h5-18,22,27H,4,19-21H2,1-3H3. The minimum Gasteiger partial charge on any atom is -0.491 e. The van der Waals surface area contributed by atoms with Gasteiger partial charge in [0.15, 0.2) is 0 Å². The summed E-state index contributed by atoms with van der Waals surface area (Å²) in [5, 5.41) is 0. The average molecular weight is 416 g/mol. The van der Waals surface area contributed by atoms with Crippen LogP contribution in [0.3, 0.4) is 0 Å². The third-order valence-electron chi connectivity index (χ3n) is 5.42. The molecule has 1 atom stereocenters. The highest BCUT2D eigenvalue weighted by atomic mass is 16.5. The van der Waals surface area contributed by atoms with E-state index in [0.717, 1.165) is 17.7 Å². The minimum absolute atomic E-state index is 0.155. The van der Waals surface area contributed by atoms with Crippen molar-refractivity contribution in [2.24, 2.45) is 0 Å². The van der Waals surface area contributed by atoms with Crippen LogP contribution in [0.15, 0.2) is 84.9 Å². The van der Waals surface area contributed by atoms with Crippen LogP contribution < -0.4 is 4.74 Å².